The molecule has 1 heterocycles. The summed E-state index contributed by atoms with van der Waals surface area (Å²) in [5.74, 6) is 0.171. The summed E-state index contributed by atoms with van der Waals surface area (Å²) in [4.78, 5) is 16.3. The van der Waals surface area contributed by atoms with Crippen LogP contribution in [0.2, 0.25) is 19.6 Å². The fourth-order valence-corrected chi connectivity index (χ4v) is 5.47. The molecule has 2 aromatic rings. The van der Waals surface area contributed by atoms with Gasteiger partial charge < -0.3 is 4.90 Å². The Morgan fingerprint density at radius 2 is 1.64 bits per heavy atom. The summed E-state index contributed by atoms with van der Waals surface area (Å²) < 4.78 is 0. The highest BCUT2D eigenvalue weighted by molar-refractivity contribution is 8.03. The molecule has 0 fully saturated rings. The van der Waals surface area contributed by atoms with Gasteiger partial charge in [-0.2, -0.15) is 0 Å². The average Bonchev–Trinajstić information content (AvgIpc) is 2.69. The van der Waals surface area contributed by atoms with Crippen LogP contribution in [-0.4, -0.2) is 31.3 Å². The van der Waals surface area contributed by atoms with Gasteiger partial charge in [0.2, 0.25) is 0 Å². The van der Waals surface area contributed by atoms with E-state index in [9.17, 15) is 4.79 Å². The van der Waals surface area contributed by atoms with Gasteiger partial charge in [-0.3, -0.25) is 4.79 Å². The van der Waals surface area contributed by atoms with Crippen molar-refractivity contribution < 1.29 is 4.79 Å². The monoisotopic (exact) mass is 367 g/mol. The van der Waals surface area contributed by atoms with Gasteiger partial charge in [0.05, 0.1) is 13.0 Å². The lowest BCUT2D eigenvalue weighted by atomic mass is 9.94. The third-order valence-corrected chi connectivity index (χ3v) is 6.41. The van der Waals surface area contributed by atoms with E-state index in [1.54, 1.807) is 11.8 Å². The van der Waals surface area contributed by atoms with Crippen LogP contribution in [-0.2, 0) is 11.3 Å². The highest BCUT2D eigenvalue weighted by Gasteiger charge is 2.31. The maximum absolute atomic E-state index is 13.4. The molecule has 0 aromatic heterocycles. The molecule has 4 heteroatoms. The summed E-state index contributed by atoms with van der Waals surface area (Å²) in [5, 5.41) is 0. The first-order valence-corrected chi connectivity index (χ1v) is 13.5. The van der Waals surface area contributed by atoms with Crippen molar-refractivity contribution >= 4 is 31.3 Å². The van der Waals surface area contributed by atoms with Crippen molar-refractivity contribution in [2.45, 2.75) is 26.2 Å². The Bertz CT molecular complexity index is 808. The van der Waals surface area contributed by atoms with E-state index >= 15 is 0 Å². The molecule has 2 aromatic carbocycles. The van der Waals surface area contributed by atoms with Crippen LogP contribution in [0.1, 0.15) is 16.7 Å². The average molecular weight is 368 g/mol. The number of carbonyl (C=O) groups is 1. The largest absolute Gasteiger partial charge is 0.337 e. The van der Waals surface area contributed by atoms with E-state index in [4.69, 9.17) is 0 Å². The highest BCUT2D eigenvalue weighted by Crippen LogP contribution is 2.37. The molecule has 1 aliphatic rings. The van der Waals surface area contributed by atoms with Crippen molar-refractivity contribution in [1.82, 2.24) is 4.90 Å². The van der Waals surface area contributed by atoms with E-state index in [-0.39, 0.29) is 5.91 Å². The number of benzene rings is 2. The lowest BCUT2D eigenvalue weighted by Gasteiger charge is -2.28. The van der Waals surface area contributed by atoms with Crippen molar-refractivity contribution in [3.05, 3.63) is 76.2 Å². The fraction of sp³-hybridized carbons (Fsp3) is 0.286. The number of hydrogen-bond donors (Lipinski definition) is 0. The number of carbonyl (C=O) groups excluding carboxylic acids is 1. The number of rotatable bonds is 4. The van der Waals surface area contributed by atoms with E-state index in [2.05, 4.69) is 60.9 Å². The molecule has 0 aliphatic carbocycles. The summed E-state index contributed by atoms with van der Waals surface area (Å²) in [6.07, 6.45) is 2.89. The smallest absolute Gasteiger partial charge is 0.260 e. The van der Waals surface area contributed by atoms with Crippen LogP contribution in [0.3, 0.4) is 0 Å². The van der Waals surface area contributed by atoms with Crippen molar-refractivity contribution in [3.63, 3.8) is 0 Å². The van der Waals surface area contributed by atoms with Crippen LogP contribution >= 0.6 is 11.8 Å². The molecule has 1 aliphatic heterocycles. The first kappa shape index (κ1) is 18.0. The molecule has 2 nitrogen and oxygen atoms in total. The topological polar surface area (TPSA) is 20.3 Å². The second-order valence-electron chi connectivity index (χ2n) is 7.65. The van der Waals surface area contributed by atoms with Gasteiger partial charge in [0.15, 0.2) is 0 Å². The Morgan fingerprint density at radius 3 is 2.28 bits per heavy atom. The minimum atomic E-state index is -1.40. The van der Waals surface area contributed by atoms with Gasteiger partial charge in [0.25, 0.3) is 5.91 Å². The zero-order valence-electron chi connectivity index (χ0n) is 15.4. The molecule has 3 rings (SSSR count). The molecule has 130 valence electrons. The number of thioether (sulfide) groups is 1. The van der Waals surface area contributed by atoms with Gasteiger partial charge >= 0.3 is 0 Å². The van der Waals surface area contributed by atoms with E-state index < -0.39 is 8.07 Å². The van der Waals surface area contributed by atoms with Gasteiger partial charge in [0, 0.05) is 18.3 Å². The van der Waals surface area contributed by atoms with Crippen LogP contribution in [0.25, 0.3) is 5.57 Å². The van der Waals surface area contributed by atoms with E-state index in [0.29, 0.717) is 6.54 Å². The predicted octanol–water partition coefficient (Wildman–Crippen LogP) is 5.03. The highest BCUT2D eigenvalue weighted by atomic mass is 32.2. The molecular weight excluding hydrogens is 342 g/mol. The fourth-order valence-electron chi connectivity index (χ4n) is 3.33. The number of fused-ring (bicyclic) bond motifs is 1. The molecule has 0 saturated heterocycles. The Kier molecular flexibility index (Phi) is 5.20. The summed E-state index contributed by atoms with van der Waals surface area (Å²) in [6.45, 7) is 7.65. The number of hydrogen-bond acceptors (Lipinski definition) is 2. The summed E-state index contributed by atoms with van der Waals surface area (Å²) in [7, 11) is -1.40. The Balaban J connectivity index is 2.22. The molecule has 25 heavy (non-hydrogen) atoms. The van der Waals surface area contributed by atoms with Crippen LogP contribution in [0, 0.1) is 0 Å². The van der Waals surface area contributed by atoms with E-state index in [1.165, 1.54) is 11.1 Å². The van der Waals surface area contributed by atoms with Gasteiger partial charge in [-0.05, 0) is 22.9 Å². The predicted molar refractivity (Wildman–Crippen MR) is 111 cm³/mol. The van der Waals surface area contributed by atoms with Crippen molar-refractivity contribution in [1.29, 1.82) is 0 Å². The van der Waals surface area contributed by atoms with Gasteiger partial charge in [-0.15, -0.1) is 11.8 Å². The van der Waals surface area contributed by atoms with Crippen molar-refractivity contribution in [2.24, 2.45) is 0 Å². The quantitative estimate of drug-likeness (QED) is 0.707. The lowest BCUT2D eigenvalue weighted by molar-refractivity contribution is -0.126. The SMILES string of the molecule is CSC1=C(c2ccccc2)c2ccccc2CN(C[Si](C)(C)C)C1=O. The van der Waals surface area contributed by atoms with Gasteiger partial charge in [0.1, 0.15) is 0 Å². The second-order valence-corrected chi connectivity index (χ2v) is 13.9. The molecule has 0 unspecified atom stereocenters. The van der Waals surface area contributed by atoms with Crippen LogP contribution in [0.15, 0.2) is 59.5 Å². The molecule has 0 atom stereocenters. The zero-order chi connectivity index (χ0) is 18.0. The van der Waals surface area contributed by atoms with Crippen molar-refractivity contribution in [3.8, 4) is 0 Å². The molecule has 0 radical (unpaired) electrons. The Morgan fingerprint density at radius 1 is 1.00 bits per heavy atom. The second kappa shape index (κ2) is 7.22. The maximum atomic E-state index is 13.4. The number of nitrogens with zero attached hydrogens (tertiary/aromatic N) is 1. The minimum Gasteiger partial charge on any atom is -0.337 e. The molecule has 0 spiro atoms. The van der Waals surface area contributed by atoms with Gasteiger partial charge in [-0.1, -0.05) is 74.2 Å². The van der Waals surface area contributed by atoms with Crippen LogP contribution in [0.5, 0.6) is 0 Å². The summed E-state index contributed by atoms with van der Waals surface area (Å²) in [6, 6.07) is 18.8. The maximum Gasteiger partial charge on any atom is 0.260 e. The normalized spacial score (nSPS) is 15.2. The van der Waals surface area contributed by atoms with E-state index in [0.717, 1.165) is 22.2 Å². The third kappa shape index (κ3) is 3.91. The standard InChI is InChI=1S/C21H25NOSSi/c1-24-20-19(16-10-6-5-7-11-16)18-13-9-8-12-17(18)14-22(21(20)23)15-25(2,3)4/h5-13H,14-15H2,1-4H3. The molecule has 1 amide bonds. The van der Waals surface area contributed by atoms with Gasteiger partial charge in [-0.25, -0.2) is 0 Å². The van der Waals surface area contributed by atoms with E-state index in [1.807, 2.05) is 24.5 Å². The first-order chi connectivity index (χ1) is 11.9. The lowest BCUT2D eigenvalue weighted by Crippen LogP contribution is -2.43. The molecule has 0 N–H and O–H groups in total. The van der Waals surface area contributed by atoms with Crippen molar-refractivity contribution in [2.75, 3.05) is 12.4 Å². The van der Waals surface area contributed by atoms with Crippen LogP contribution < -0.4 is 0 Å². The minimum absolute atomic E-state index is 0.171. The van der Waals surface area contributed by atoms with Crippen LogP contribution in [0.4, 0.5) is 0 Å². The number of amides is 1. The Labute approximate surface area is 156 Å². The summed E-state index contributed by atoms with van der Waals surface area (Å²) >= 11 is 1.57. The summed E-state index contributed by atoms with van der Waals surface area (Å²) in [5.41, 5.74) is 4.61. The molecule has 0 bridgehead atoms. The third-order valence-electron chi connectivity index (χ3n) is 4.29. The Hall–Kier alpha value is -1.78. The molecular formula is C21H25NOSSi. The first-order valence-electron chi connectivity index (χ1n) is 8.62. The zero-order valence-corrected chi connectivity index (χ0v) is 17.2. The molecule has 0 saturated carbocycles.